The molecule has 2 fully saturated rings. The van der Waals surface area contributed by atoms with Crippen LogP contribution in [0.5, 0.6) is 0 Å². The number of rotatable bonds is 3. The molecule has 23 heavy (non-hydrogen) atoms. The number of anilines is 1. The third-order valence-electron chi connectivity index (χ3n) is 4.58. The Kier molecular flexibility index (Phi) is 4.14. The molecule has 0 bridgehead atoms. The lowest BCUT2D eigenvalue weighted by Crippen LogP contribution is -2.38. The van der Waals surface area contributed by atoms with Gasteiger partial charge in [-0.1, -0.05) is 18.2 Å². The molecule has 1 N–H and O–H groups in total. The number of hydrogen-bond acceptors (Lipinski definition) is 4. The van der Waals surface area contributed by atoms with Crippen LogP contribution >= 0.6 is 0 Å². The van der Waals surface area contributed by atoms with Gasteiger partial charge in [-0.2, -0.15) is 0 Å². The van der Waals surface area contributed by atoms with Gasteiger partial charge >= 0.3 is 0 Å². The van der Waals surface area contributed by atoms with Crippen LogP contribution in [0.15, 0.2) is 24.3 Å². The Hall–Kier alpha value is -1.89. The largest absolute Gasteiger partial charge is 0.338 e. The number of amides is 2. The molecule has 2 heterocycles. The van der Waals surface area contributed by atoms with Crippen LogP contribution in [0.3, 0.4) is 0 Å². The first-order chi connectivity index (χ1) is 10.9. The van der Waals surface area contributed by atoms with Crippen molar-refractivity contribution in [2.24, 2.45) is 5.92 Å². The van der Waals surface area contributed by atoms with Crippen molar-refractivity contribution >= 4 is 27.3 Å². The van der Waals surface area contributed by atoms with E-state index in [0.29, 0.717) is 13.0 Å². The Morgan fingerprint density at radius 3 is 2.70 bits per heavy atom. The molecule has 124 valence electrons. The minimum Gasteiger partial charge on any atom is -0.338 e. The summed E-state index contributed by atoms with van der Waals surface area (Å²) >= 11 is 0. The number of sulfone groups is 1. The molecule has 2 atom stereocenters. The smallest absolute Gasteiger partial charge is 0.229 e. The molecule has 1 aromatic rings. The van der Waals surface area contributed by atoms with Gasteiger partial charge in [0.25, 0.3) is 0 Å². The molecular weight excluding hydrogens is 316 g/mol. The van der Waals surface area contributed by atoms with Crippen molar-refractivity contribution in [3.05, 3.63) is 29.8 Å². The number of hydrogen-bond donors (Lipinski definition) is 1. The second-order valence-electron chi connectivity index (χ2n) is 6.31. The summed E-state index contributed by atoms with van der Waals surface area (Å²) in [6, 6.07) is 7.20. The maximum atomic E-state index is 12.4. The number of aryl methyl sites for hydroxylation is 1. The summed E-state index contributed by atoms with van der Waals surface area (Å²) in [5.41, 5.74) is 1.70. The van der Waals surface area contributed by atoms with E-state index in [9.17, 15) is 18.0 Å². The number of carbonyl (C=O) groups is 2. The highest BCUT2D eigenvalue weighted by molar-refractivity contribution is 7.91. The summed E-state index contributed by atoms with van der Waals surface area (Å²) in [4.78, 5) is 26.1. The van der Waals surface area contributed by atoms with Gasteiger partial charge in [-0.3, -0.25) is 9.59 Å². The number of nitrogens with zero attached hydrogens (tertiary/aromatic N) is 1. The van der Waals surface area contributed by atoms with Crippen LogP contribution in [0.1, 0.15) is 18.4 Å². The fourth-order valence-corrected chi connectivity index (χ4v) is 4.96. The molecule has 2 unspecified atom stereocenters. The Labute approximate surface area is 135 Å². The molecule has 1 aromatic carbocycles. The zero-order valence-corrected chi connectivity index (χ0v) is 13.8. The minimum atomic E-state index is -3.04. The third-order valence-corrected chi connectivity index (χ3v) is 6.33. The van der Waals surface area contributed by atoms with Crippen LogP contribution in [0.25, 0.3) is 0 Å². The van der Waals surface area contributed by atoms with Crippen molar-refractivity contribution < 1.29 is 18.0 Å². The first kappa shape index (κ1) is 16.0. The highest BCUT2D eigenvalue weighted by atomic mass is 32.2. The fraction of sp³-hybridized carbons (Fsp3) is 0.500. The van der Waals surface area contributed by atoms with Crippen LogP contribution in [-0.2, 0) is 19.4 Å². The van der Waals surface area contributed by atoms with Gasteiger partial charge in [0.2, 0.25) is 11.8 Å². The van der Waals surface area contributed by atoms with E-state index in [1.54, 1.807) is 4.90 Å². The van der Waals surface area contributed by atoms with Gasteiger partial charge in [0, 0.05) is 24.7 Å². The zero-order chi connectivity index (χ0) is 16.6. The first-order valence-corrected chi connectivity index (χ1v) is 9.54. The molecule has 0 radical (unpaired) electrons. The van der Waals surface area contributed by atoms with Crippen molar-refractivity contribution in [3.8, 4) is 0 Å². The SMILES string of the molecule is Cc1ccccc1NC(=O)C1CC(=O)N(C2CCS(=O)(=O)C2)C1. The average molecular weight is 336 g/mol. The summed E-state index contributed by atoms with van der Waals surface area (Å²) in [5.74, 6) is -0.592. The monoisotopic (exact) mass is 336 g/mol. The van der Waals surface area contributed by atoms with E-state index in [4.69, 9.17) is 0 Å². The fourth-order valence-electron chi connectivity index (χ4n) is 3.23. The minimum absolute atomic E-state index is 0.0187. The van der Waals surface area contributed by atoms with Crippen LogP contribution in [0.2, 0.25) is 0 Å². The maximum absolute atomic E-state index is 12.4. The molecular formula is C16H20N2O4S. The molecule has 2 saturated heterocycles. The van der Waals surface area contributed by atoms with Gasteiger partial charge in [-0.15, -0.1) is 0 Å². The Balaban J connectivity index is 1.65. The summed E-state index contributed by atoms with van der Waals surface area (Å²) in [6.07, 6.45) is 0.620. The van der Waals surface area contributed by atoms with Gasteiger partial charge in [0.1, 0.15) is 0 Å². The van der Waals surface area contributed by atoms with E-state index in [0.717, 1.165) is 11.3 Å². The van der Waals surface area contributed by atoms with Gasteiger partial charge < -0.3 is 10.2 Å². The van der Waals surface area contributed by atoms with Crippen molar-refractivity contribution in [1.29, 1.82) is 0 Å². The Morgan fingerprint density at radius 1 is 1.30 bits per heavy atom. The van der Waals surface area contributed by atoms with Crippen molar-refractivity contribution in [1.82, 2.24) is 4.90 Å². The van der Waals surface area contributed by atoms with Crippen LogP contribution in [0, 0.1) is 12.8 Å². The van der Waals surface area contributed by atoms with Gasteiger partial charge in [0.15, 0.2) is 9.84 Å². The zero-order valence-electron chi connectivity index (χ0n) is 13.0. The average Bonchev–Trinajstić information content (AvgIpc) is 3.04. The normalized spacial score (nSPS) is 26.5. The third kappa shape index (κ3) is 3.39. The molecule has 0 saturated carbocycles. The molecule has 0 spiro atoms. The first-order valence-electron chi connectivity index (χ1n) is 7.72. The van der Waals surface area contributed by atoms with Gasteiger partial charge in [0.05, 0.1) is 17.4 Å². The van der Waals surface area contributed by atoms with E-state index in [1.807, 2.05) is 31.2 Å². The summed E-state index contributed by atoms with van der Waals surface area (Å²) in [5, 5.41) is 2.86. The summed E-state index contributed by atoms with van der Waals surface area (Å²) < 4.78 is 23.2. The van der Waals surface area contributed by atoms with Gasteiger partial charge in [-0.25, -0.2) is 8.42 Å². The molecule has 3 rings (SSSR count). The standard InChI is InChI=1S/C16H20N2O4S/c1-11-4-2-3-5-14(11)17-16(20)12-8-15(19)18(9-12)13-6-7-23(21,22)10-13/h2-5,12-13H,6-10H2,1H3,(H,17,20). The number of para-hydroxylation sites is 1. The Bertz CT molecular complexity index is 744. The predicted molar refractivity (Wildman–Crippen MR) is 86.7 cm³/mol. The number of nitrogens with one attached hydrogen (secondary N) is 1. The molecule has 2 amide bonds. The summed E-state index contributed by atoms with van der Waals surface area (Å²) in [6.45, 7) is 2.21. The molecule has 7 heteroatoms. The Morgan fingerprint density at radius 2 is 2.04 bits per heavy atom. The topological polar surface area (TPSA) is 83.6 Å². The van der Waals surface area contributed by atoms with E-state index in [-0.39, 0.29) is 35.8 Å². The molecule has 0 aliphatic carbocycles. The van der Waals surface area contributed by atoms with Crippen molar-refractivity contribution in [3.63, 3.8) is 0 Å². The van der Waals surface area contributed by atoms with Crippen molar-refractivity contribution in [2.45, 2.75) is 25.8 Å². The van der Waals surface area contributed by atoms with E-state index >= 15 is 0 Å². The highest BCUT2D eigenvalue weighted by Crippen LogP contribution is 2.27. The van der Waals surface area contributed by atoms with Crippen LogP contribution in [-0.4, -0.2) is 49.2 Å². The van der Waals surface area contributed by atoms with E-state index in [2.05, 4.69) is 5.32 Å². The second-order valence-corrected chi connectivity index (χ2v) is 8.54. The molecule has 0 aromatic heterocycles. The molecule has 2 aliphatic heterocycles. The lowest BCUT2D eigenvalue weighted by Gasteiger charge is -2.23. The maximum Gasteiger partial charge on any atom is 0.229 e. The van der Waals surface area contributed by atoms with Gasteiger partial charge in [-0.05, 0) is 25.0 Å². The lowest BCUT2D eigenvalue weighted by atomic mass is 10.1. The van der Waals surface area contributed by atoms with E-state index in [1.165, 1.54) is 0 Å². The lowest BCUT2D eigenvalue weighted by molar-refractivity contribution is -0.129. The highest BCUT2D eigenvalue weighted by Gasteiger charge is 2.41. The molecule has 2 aliphatic rings. The van der Waals surface area contributed by atoms with Crippen LogP contribution < -0.4 is 5.32 Å². The number of benzene rings is 1. The summed E-state index contributed by atoms with van der Waals surface area (Å²) in [7, 11) is -3.04. The second kappa shape index (κ2) is 5.96. The predicted octanol–water partition coefficient (Wildman–Crippen LogP) is 0.969. The van der Waals surface area contributed by atoms with Crippen molar-refractivity contribution in [2.75, 3.05) is 23.4 Å². The van der Waals surface area contributed by atoms with E-state index < -0.39 is 15.8 Å². The number of likely N-dealkylation sites (tertiary alicyclic amines) is 1. The quantitative estimate of drug-likeness (QED) is 0.891. The molecule has 6 nitrogen and oxygen atoms in total. The van der Waals surface area contributed by atoms with Crippen LogP contribution in [0.4, 0.5) is 5.69 Å². The number of carbonyl (C=O) groups excluding carboxylic acids is 2.